The van der Waals surface area contributed by atoms with Gasteiger partial charge in [-0.25, -0.2) is 0 Å². The number of ether oxygens (including phenoxy) is 1. The second-order valence-corrected chi connectivity index (χ2v) is 6.07. The number of fused-ring (bicyclic) bond motifs is 1. The maximum absolute atomic E-state index is 5.24. The quantitative estimate of drug-likeness (QED) is 0.742. The second-order valence-electron chi connectivity index (χ2n) is 4.95. The molecule has 0 radical (unpaired) electrons. The summed E-state index contributed by atoms with van der Waals surface area (Å²) in [5, 5.41) is 4.90. The van der Waals surface area contributed by atoms with Crippen LogP contribution in [0.1, 0.15) is 23.4 Å². The lowest BCUT2D eigenvalue weighted by Gasteiger charge is -2.17. The van der Waals surface area contributed by atoms with Crippen LogP contribution in [0.4, 0.5) is 0 Å². The van der Waals surface area contributed by atoms with Crippen LogP contribution in [-0.2, 0) is 0 Å². The SMILES string of the molecule is CCNC(c1ccc(OC)cc1)c1cc2ccccc2s1. The molecule has 1 unspecified atom stereocenters. The number of thiophene rings is 1. The molecule has 108 valence electrons. The molecule has 3 rings (SSSR count). The Morgan fingerprint density at radius 3 is 2.52 bits per heavy atom. The van der Waals surface area contributed by atoms with Gasteiger partial charge in [0, 0.05) is 9.58 Å². The molecular formula is C18H19NOS. The van der Waals surface area contributed by atoms with Gasteiger partial charge in [-0.1, -0.05) is 37.3 Å². The summed E-state index contributed by atoms with van der Waals surface area (Å²) in [4.78, 5) is 1.35. The van der Waals surface area contributed by atoms with Crippen molar-refractivity contribution in [2.45, 2.75) is 13.0 Å². The Hall–Kier alpha value is -1.84. The molecule has 21 heavy (non-hydrogen) atoms. The van der Waals surface area contributed by atoms with Crippen molar-refractivity contribution in [3.63, 3.8) is 0 Å². The molecular weight excluding hydrogens is 278 g/mol. The predicted octanol–water partition coefficient (Wildman–Crippen LogP) is 4.61. The Balaban J connectivity index is 1.99. The lowest BCUT2D eigenvalue weighted by atomic mass is 10.0. The molecule has 0 bridgehead atoms. The van der Waals surface area contributed by atoms with Crippen LogP contribution < -0.4 is 10.1 Å². The van der Waals surface area contributed by atoms with Gasteiger partial charge in [-0.15, -0.1) is 11.3 Å². The third-order valence-electron chi connectivity index (χ3n) is 3.59. The summed E-state index contributed by atoms with van der Waals surface area (Å²) in [7, 11) is 1.70. The Kier molecular flexibility index (Phi) is 4.23. The molecule has 1 N–H and O–H groups in total. The van der Waals surface area contributed by atoms with Crippen LogP contribution >= 0.6 is 11.3 Å². The van der Waals surface area contributed by atoms with Gasteiger partial charge in [-0.2, -0.15) is 0 Å². The van der Waals surface area contributed by atoms with E-state index >= 15 is 0 Å². The van der Waals surface area contributed by atoms with Gasteiger partial charge in [-0.05, 0) is 41.8 Å². The third kappa shape index (κ3) is 2.94. The van der Waals surface area contributed by atoms with Gasteiger partial charge in [0.05, 0.1) is 13.2 Å². The van der Waals surface area contributed by atoms with Crippen molar-refractivity contribution < 1.29 is 4.74 Å². The van der Waals surface area contributed by atoms with Gasteiger partial charge >= 0.3 is 0 Å². The first-order chi connectivity index (χ1) is 10.3. The number of benzene rings is 2. The van der Waals surface area contributed by atoms with E-state index in [0.717, 1.165) is 12.3 Å². The van der Waals surface area contributed by atoms with E-state index in [1.54, 1.807) is 7.11 Å². The summed E-state index contributed by atoms with van der Waals surface area (Å²) in [6.07, 6.45) is 0. The zero-order valence-corrected chi connectivity index (χ0v) is 13.1. The molecule has 0 aliphatic rings. The maximum Gasteiger partial charge on any atom is 0.118 e. The third-order valence-corrected chi connectivity index (χ3v) is 4.77. The smallest absolute Gasteiger partial charge is 0.118 e. The van der Waals surface area contributed by atoms with Gasteiger partial charge in [0.25, 0.3) is 0 Å². The van der Waals surface area contributed by atoms with Crippen molar-refractivity contribution >= 4 is 21.4 Å². The minimum atomic E-state index is 0.235. The van der Waals surface area contributed by atoms with E-state index in [0.29, 0.717) is 0 Å². The van der Waals surface area contributed by atoms with Gasteiger partial charge in [0.1, 0.15) is 5.75 Å². The molecule has 1 heterocycles. The average molecular weight is 297 g/mol. The number of nitrogens with one attached hydrogen (secondary N) is 1. The first kappa shape index (κ1) is 14.1. The van der Waals surface area contributed by atoms with E-state index in [-0.39, 0.29) is 6.04 Å². The lowest BCUT2D eigenvalue weighted by Crippen LogP contribution is -2.20. The van der Waals surface area contributed by atoms with Crippen molar-refractivity contribution in [2.24, 2.45) is 0 Å². The van der Waals surface area contributed by atoms with Crippen molar-refractivity contribution in [3.8, 4) is 5.75 Å². The minimum absolute atomic E-state index is 0.235. The van der Waals surface area contributed by atoms with Crippen LogP contribution in [0.2, 0.25) is 0 Å². The summed E-state index contributed by atoms with van der Waals surface area (Å²) < 4.78 is 6.58. The van der Waals surface area contributed by atoms with E-state index in [9.17, 15) is 0 Å². The Labute approximate surface area is 129 Å². The fourth-order valence-electron chi connectivity index (χ4n) is 2.53. The normalized spacial score (nSPS) is 12.5. The fourth-order valence-corrected chi connectivity index (χ4v) is 3.70. The Morgan fingerprint density at radius 1 is 1.10 bits per heavy atom. The number of hydrogen-bond donors (Lipinski definition) is 1. The van der Waals surface area contributed by atoms with Crippen molar-refractivity contribution in [1.29, 1.82) is 0 Å². The van der Waals surface area contributed by atoms with Crippen molar-refractivity contribution in [2.75, 3.05) is 13.7 Å². The standard InChI is InChI=1S/C18H19NOS/c1-3-19-18(13-8-10-15(20-2)11-9-13)17-12-14-6-4-5-7-16(14)21-17/h4-12,18-19H,3H2,1-2H3. The summed E-state index contributed by atoms with van der Waals surface area (Å²) in [6.45, 7) is 3.08. The first-order valence-electron chi connectivity index (χ1n) is 7.17. The molecule has 1 aromatic heterocycles. The maximum atomic E-state index is 5.24. The molecule has 3 heteroatoms. The minimum Gasteiger partial charge on any atom is -0.497 e. The number of rotatable bonds is 5. The van der Waals surface area contributed by atoms with Gasteiger partial charge in [0.2, 0.25) is 0 Å². The highest BCUT2D eigenvalue weighted by molar-refractivity contribution is 7.19. The molecule has 0 saturated carbocycles. The fraction of sp³-hybridized carbons (Fsp3) is 0.222. The molecule has 2 aromatic carbocycles. The molecule has 0 spiro atoms. The number of hydrogen-bond acceptors (Lipinski definition) is 3. The van der Waals surface area contributed by atoms with E-state index in [1.165, 1.54) is 20.5 Å². The van der Waals surface area contributed by atoms with Crippen LogP contribution in [0.25, 0.3) is 10.1 Å². The van der Waals surface area contributed by atoms with E-state index in [1.807, 2.05) is 23.5 Å². The summed E-state index contributed by atoms with van der Waals surface area (Å²) >= 11 is 1.86. The highest BCUT2D eigenvalue weighted by Gasteiger charge is 2.15. The first-order valence-corrected chi connectivity index (χ1v) is 7.99. The summed E-state index contributed by atoms with van der Waals surface area (Å²) in [6, 6.07) is 19.4. The highest BCUT2D eigenvalue weighted by Crippen LogP contribution is 2.33. The van der Waals surface area contributed by atoms with Crippen LogP contribution in [-0.4, -0.2) is 13.7 Å². The zero-order valence-electron chi connectivity index (χ0n) is 12.3. The topological polar surface area (TPSA) is 21.3 Å². The lowest BCUT2D eigenvalue weighted by molar-refractivity contribution is 0.414. The largest absolute Gasteiger partial charge is 0.497 e. The molecule has 0 fully saturated rings. The predicted molar refractivity (Wildman–Crippen MR) is 90.3 cm³/mol. The molecule has 0 saturated heterocycles. The molecule has 0 amide bonds. The van der Waals surface area contributed by atoms with Crippen LogP contribution in [0.15, 0.2) is 54.6 Å². The summed E-state index contributed by atoms with van der Waals surface area (Å²) in [5.74, 6) is 0.894. The average Bonchev–Trinajstić information content (AvgIpc) is 2.96. The molecule has 0 aliphatic carbocycles. The molecule has 1 atom stereocenters. The summed E-state index contributed by atoms with van der Waals surface area (Å²) in [5.41, 5.74) is 1.27. The van der Waals surface area contributed by atoms with E-state index < -0.39 is 0 Å². The Bertz CT molecular complexity index is 684. The van der Waals surface area contributed by atoms with Crippen LogP contribution in [0, 0.1) is 0 Å². The van der Waals surface area contributed by atoms with Crippen molar-refractivity contribution in [3.05, 3.63) is 65.0 Å². The van der Waals surface area contributed by atoms with Crippen LogP contribution in [0.3, 0.4) is 0 Å². The van der Waals surface area contributed by atoms with Crippen LogP contribution in [0.5, 0.6) is 5.75 Å². The number of methoxy groups -OCH3 is 1. The monoisotopic (exact) mass is 297 g/mol. The van der Waals surface area contributed by atoms with Crippen molar-refractivity contribution in [1.82, 2.24) is 5.32 Å². The Morgan fingerprint density at radius 2 is 1.86 bits per heavy atom. The molecule has 2 nitrogen and oxygen atoms in total. The molecule has 0 aliphatic heterocycles. The van der Waals surface area contributed by atoms with E-state index in [4.69, 9.17) is 4.74 Å². The van der Waals surface area contributed by atoms with Gasteiger partial charge in [-0.3, -0.25) is 0 Å². The highest BCUT2D eigenvalue weighted by atomic mass is 32.1. The van der Waals surface area contributed by atoms with Gasteiger partial charge in [0.15, 0.2) is 0 Å². The van der Waals surface area contributed by atoms with E-state index in [2.05, 4.69) is 54.7 Å². The zero-order chi connectivity index (χ0) is 14.7. The molecule has 3 aromatic rings. The second kappa shape index (κ2) is 6.29. The van der Waals surface area contributed by atoms with Gasteiger partial charge < -0.3 is 10.1 Å².